The number of benzene rings is 4. The fourth-order valence-corrected chi connectivity index (χ4v) is 4.69. The van der Waals surface area contributed by atoms with Gasteiger partial charge in [-0.2, -0.15) is 0 Å². The van der Waals surface area contributed by atoms with Gasteiger partial charge in [-0.15, -0.1) is 0 Å². The summed E-state index contributed by atoms with van der Waals surface area (Å²) < 4.78 is 12.5. The topological polar surface area (TPSA) is 72.5 Å². The summed E-state index contributed by atoms with van der Waals surface area (Å²) in [7, 11) is 0. The summed E-state index contributed by atoms with van der Waals surface area (Å²) in [5.74, 6) is -0.467. The Kier molecular flexibility index (Phi) is 5.23. The molecule has 0 bridgehead atoms. The molecular weight excluding hydrogens is 506 g/mol. The molecule has 0 unspecified atom stereocenters. The Hall–Kier alpha value is -4.16. The van der Waals surface area contributed by atoms with Crippen LogP contribution >= 0.6 is 15.9 Å². The number of halogens is 1. The minimum atomic E-state index is -0.302. The van der Waals surface area contributed by atoms with E-state index in [9.17, 15) is 9.59 Å². The van der Waals surface area contributed by atoms with E-state index in [0.29, 0.717) is 22.2 Å². The van der Waals surface area contributed by atoms with Crippen molar-refractivity contribution in [2.24, 2.45) is 0 Å². The van der Waals surface area contributed by atoms with Crippen LogP contribution in [-0.2, 0) is 11.2 Å². The lowest BCUT2D eigenvalue weighted by Gasteiger charge is -2.07. The molecule has 0 aliphatic rings. The van der Waals surface area contributed by atoms with Gasteiger partial charge in [0.15, 0.2) is 5.76 Å². The van der Waals surface area contributed by atoms with Crippen LogP contribution in [0.1, 0.15) is 21.7 Å². The first kappa shape index (κ1) is 21.4. The van der Waals surface area contributed by atoms with Gasteiger partial charge in [-0.25, -0.2) is 0 Å². The van der Waals surface area contributed by atoms with Crippen molar-refractivity contribution in [3.8, 4) is 0 Å². The summed E-state index contributed by atoms with van der Waals surface area (Å²) >= 11 is 3.39. The van der Waals surface area contributed by atoms with Crippen molar-refractivity contribution in [3.05, 3.63) is 113 Å². The number of nitrogens with one attached hydrogen (secondary N) is 1. The Balaban J connectivity index is 1.37. The molecule has 0 aliphatic heterocycles. The second-order valence-corrected chi connectivity index (χ2v) is 9.20. The van der Waals surface area contributed by atoms with Crippen molar-refractivity contribution in [2.75, 3.05) is 5.32 Å². The van der Waals surface area contributed by atoms with Gasteiger partial charge in [0, 0.05) is 26.4 Å². The highest BCUT2D eigenvalue weighted by Crippen LogP contribution is 2.34. The summed E-state index contributed by atoms with van der Waals surface area (Å²) in [6.45, 7) is 0. The average Bonchev–Trinajstić information content (AvgIpc) is 3.46. The lowest BCUT2D eigenvalue weighted by atomic mass is 10.0. The molecule has 6 aromatic rings. The molecule has 0 saturated carbocycles. The van der Waals surface area contributed by atoms with E-state index in [2.05, 4.69) is 21.2 Å². The number of carbonyl (C=O) groups is 2. The Morgan fingerprint density at radius 3 is 2.37 bits per heavy atom. The minimum Gasteiger partial charge on any atom is -0.464 e. The van der Waals surface area contributed by atoms with Gasteiger partial charge in [0.1, 0.15) is 11.2 Å². The fraction of sp³-hybridized carbons (Fsp3) is 0.0345. The van der Waals surface area contributed by atoms with Crippen LogP contribution in [0.2, 0.25) is 0 Å². The minimum absolute atomic E-state index is 0.0897. The monoisotopic (exact) mass is 523 g/mol. The highest BCUT2D eigenvalue weighted by atomic mass is 79.9. The molecule has 0 spiro atoms. The first-order valence-corrected chi connectivity index (χ1v) is 11.9. The molecule has 0 atom stereocenters. The first-order chi connectivity index (χ1) is 17.1. The van der Waals surface area contributed by atoms with Gasteiger partial charge < -0.3 is 14.2 Å². The fourth-order valence-electron chi connectivity index (χ4n) is 4.42. The zero-order valence-corrected chi connectivity index (χ0v) is 20.0. The summed E-state index contributed by atoms with van der Waals surface area (Å²) in [5, 5.41) is 6.63. The van der Waals surface area contributed by atoms with E-state index in [1.54, 1.807) is 36.6 Å². The lowest BCUT2D eigenvalue weighted by molar-refractivity contribution is -0.115. The van der Waals surface area contributed by atoms with Crippen LogP contribution < -0.4 is 5.32 Å². The van der Waals surface area contributed by atoms with Crippen molar-refractivity contribution in [2.45, 2.75) is 6.42 Å². The molecular formula is C29H18BrNO4. The number of hydrogen-bond acceptors (Lipinski definition) is 4. The van der Waals surface area contributed by atoms with Crippen molar-refractivity contribution in [3.63, 3.8) is 0 Å². The molecule has 4 aromatic carbocycles. The molecule has 0 saturated heterocycles. The van der Waals surface area contributed by atoms with Crippen LogP contribution in [0.25, 0.3) is 32.7 Å². The number of fused-ring (bicyclic) bond motifs is 4. The molecule has 6 heteroatoms. The number of hydrogen-bond donors (Lipinski definition) is 1. The quantitative estimate of drug-likeness (QED) is 0.237. The smallest absolute Gasteiger partial charge is 0.230 e. The largest absolute Gasteiger partial charge is 0.464 e. The van der Waals surface area contributed by atoms with Gasteiger partial charge in [0.05, 0.1) is 18.4 Å². The van der Waals surface area contributed by atoms with Gasteiger partial charge in [-0.05, 0) is 53.2 Å². The lowest BCUT2D eigenvalue weighted by Crippen LogP contribution is -2.16. The van der Waals surface area contributed by atoms with E-state index < -0.39 is 0 Å². The van der Waals surface area contributed by atoms with Gasteiger partial charge in [-0.1, -0.05) is 58.4 Å². The molecule has 2 aromatic heterocycles. The van der Waals surface area contributed by atoms with Crippen LogP contribution in [0.4, 0.5) is 5.69 Å². The highest BCUT2D eigenvalue weighted by Gasteiger charge is 2.24. The predicted octanol–water partition coefficient (Wildman–Crippen LogP) is 7.51. The molecule has 170 valence electrons. The van der Waals surface area contributed by atoms with E-state index >= 15 is 0 Å². The first-order valence-electron chi connectivity index (χ1n) is 11.1. The summed E-state index contributed by atoms with van der Waals surface area (Å²) in [4.78, 5) is 26.5. The predicted molar refractivity (Wildman–Crippen MR) is 140 cm³/mol. The van der Waals surface area contributed by atoms with Crippen LogP contribution in [0.3, 0.4) is 0 Å². The van der Waals surface area contributed by atoms with Gasteiger partial charge >= 0.3 is 0 Å². The molecule has 2 heterocycles. The van der Waals surface area contributed by atoms with Crippen molar-refractivity contribution < 1.29 is 18.4 Å². The maximum atomic E-state index is 13.3. The van der Waals surface area contributed by atoms with E-state index in [4.69, 9.17) is 8.83 Å². The number of amides is 1. The van der Waals surface area contributed by atoms with Gasteiger partial charge in [0.25, 0.3) is 0 Å². The zero-order valence-electron chi connectivity index (χ0n) is 18.4. The zero-order chi connectivity index (χ0) is 23.9. The number of ketones is 1. The molecule has 1 amide bonds. The molecule has 5 nitrogen and oxygen atoms in total. The Morgan fingerprint density at radius 1 is 0.800 bits per heavy atom. The van der Waals surface area contributed by atoms with E-state index in [0.717, 1.165) is 31.8 Å². The maximum Gasteiger partial charge on any atom is 0.230 e. The van der Waals surface area contributed by atoms with Crippen molar-refractivity contribution >= 4 is 66.0 Å². The molecule has 1 N–H and O–H groups in total. The summed E-state index contributed by atoms with van der Waals surface area (Å²) in [5.41, 5.74) is 2.88. The second kappa shape index (κ2) is 8.56. The molecule has 0 radical (unpaired) electrons. The SMILES string of the molecule is O=C(Cc1coc2ccc3ccccc3c12)Nc1c(C(=O)c2ccc(Br)cc2)oc2ccccc12. The van der Waals surface area contributed by atoms with E-state index in [-0.39, 0.29) is 23.9 Å². The molecule has 6 rings (SSSR count). The Morgan fingerprint density at radius 2 is 1.54 bits per heavy atom. The standard InChI is InChI=1S/C29H18BrNO4/c30-20-12-9-18(10-13-20)28(33)29-27(22-7-3-4-8-23(22)35-29)31-25(32)15-19-16-34-24-14-11-17-5-1-2-6-21(17)26(19)24/h1-14,16H,15H2,(H,31,32). The Labute approximate surface area is 208 Å². The van der Waals surface area contributed by atoms with E-state index in [1.807, 2.05) is 54.6 Å². The highest BCUT2D eigenvalue weighted by molar-refractivity contribution is 9.10. The molecule has 35 heavy (non-hydrogen) atoms. The average molecular weight is 524 g/mol. The summed E-state index contributed by atoms with van der Waals surface area (Å²) in [6.07, 6.45) is 1.71. The Bertz CT molecular complexity index is 1740. The third-order valence-corrected chi connectivity index (χ3v) is 6.59. The third-order valence-electron chi connectivity index (χ3n) is 6.06. The molecule has 0 fully saturated rings. The number of anilines is 1. The number of furan rings is 2. The van der Waals surface area contributed by atoms with Gasteiger partial charge in [0.2, 0.25) is 11.7 Å². The number of para-hydroxylation sites is 1. The summed E-state index contributed by atoms with van der Waals surface area (Å²) in [6, 6.07) is 26.2. The molecule has 0 aliphatic carbocycles. The third kappa shape index (κ3) is 3.82. The second-order valence-electron chi connectivity index (χ2n) is 8.28. The van der Waals surface area contributed by atoms with Crippen molar-refractivity contribution in [1.29, 1.82) is 0 Å². The maximum absolute atomic E-state index is 13.3. The van der Waals surface area contributed by atoms with Crippen LogP contribution in [0.5, 0.6) is 0 Å². The van der Waals surface area contributed by atoms with Crippen LogP contribution in [-0.4, -0.2) is 11.7 Å². The van der Waals surface area contributed by atoms with Crippen molar-refractivity contribution in [1.82, 2.24) is 0 Å². The van der Waals surface area contributed by atoms with Crippen LogP contribution in [0, 0.1) is 0 Å². The van der Waals surface area contributed by atoms with E-state index in [1.165, 1.54) is 0 Å². The number of carbonyl (C=O) groups excluding carboxylic acids is 2. The normalized spacial score (nSPS) is 11.3. The van der Waals surface area contributed by atoms with Gasteiger partial charge in [-0.3, -0.25) is 9.59 Å². The number of rotatable bonds is 5. The van der Waals surface area contributed by atoms with Crippen LogP contribution in [0.15, 0.2) is 104 Å².